The molecule has 0 aliphatic carbocycles. The number of unbranched alkanes of at least 4 members (excludes halogenated alkanes) is 12. The van der Waals surface area contributed by atoms with E-state index in [0.717, 1.165) is 83.5 Å². The number of hydrogen-bond acceptors (Lipinski definition) is 8. The lowest BCUT2D eigenvalue weighted by Gasteiger charge is -2.19. The minimum Gasteiger partial charge on any atom is -0.462 e. The van der Waals surface area contributed by atoms with E-state index in [1.165, 1.54) is 19.3 Å². The number of rotatable bonds is 33. The quantitative estimate of drug-likeness (QED) is 0.0226. The molecule has 0 fully saturated rings. The Morgan fingerprint density at radius 1 is 0.646 bits per heavy atom. The Morgan fingerprint density at radius 2 is 1.19 bits per heavy atom. The average molecular weight is 696 g/mol. The van der Waals surface area contributed by atoms with Gasteiger partial charge < -0.3 is 20.1 Å². The van der Waals surface area contributed by atoms with Crippen LogP contribution in [0.3, 0.4) is 0 Å². The van der Waals surface area contributed by atoms with Crippen molar-refractivity contribution in [3.8, 4) is 0 Å². The van der Waals surface area contributed by atoms with Gasteiger partial charge in [0.25, 0.3) is 0 Å². The lowest BCUT2D eigenvalue weighted by Crippen LogP contribution is -2.29. The third kappa shape index (κ3) is 33.6. The number of phosphoric acid groups is 1. The monoisotopic (exact) mass is 695 g/mol. The molecule has 0 amide bonds. The molecule has 10 heteroatoms. The number of carbonyl (C=O) groups is 2. The second-order valence-electron chi connectivity index (χ2n) is 11.7. The summed E-state index contributed by atoms with van der Waals surface area (Å²) >= 11 is 0. The zero-order valence-electron chi connectivity index (χ0n) is 29.9. The highest BCUT2D eigenvalue weighted by molar-refractivity contribution is 7.47. The summed E-state index contributed by atoms with van der Waals surface area (Å²) in [4.78, 5) is 34.7. The number of carbonyl (C=O) groups excluding carboxylic acids is 2. The van der Waals surface area contributed by atoms with Gasteiger partial charge in [-0.25, -0.2) is 4.57 Å². The SMILES string of the molecule is CC/C=C/C=C/C=C/CCCCCCCC(=O)OC(COC(=O)CCCCCCCCC/C=C/C/C=C/CC)COP(=O)(O)OCCN. The predicted octanol–water partition coefficient (Wildman–Crippen LogP) is 9.77. The minimum absolute atomic E-state index is 0.0456. The van der Waals surface area contributed by atoms with Gasteiger partial charge in [0.05, 0.1) is 13.2 Å². The molecular weight excluding hydrogens is 629 g/mol. The maximum Gasteiger partial charge on any atom is 0.472 e. The number of ether oxygens (including phenoxy) is 2. The van der Waals surface area contributed by atoms with Crippen LogP contribution in [0.15, 0.2) is 60.8 Å². The third-order valence-corrected chi connectivity index (χ3v) is 8.19. The van der Waals surface area contributed by atoms with Gasteiger partial charge in [-0.15, -0.1) is 0 Å². The van der Waals surface area contributed by atoms with Crippen molar-refractivity contribution in [2.45, 2.75) is 142 Å². The second-order valence-corrected chi connectivity index (χ2v) is 13.2. The fourth-order valence-corrected chi connectivity index (χ4v) is 5.32. The lowest BCUT2D eigenvalue weighted by molar-refractivity contribution is -0.161. The van der Waals surface area contributed by atoms with E-state index in [2.05, 4.69) is 56.4 Å². The number of phosphoric ester groups is 1. The van der Waals surface area contributed by atoms with E-state index in [-0.39, 0.29) is 32.6 Å². The Morgan fingerprint density at radius 3 is 1.81 bits per heavy atom. The van der Waals surface area contributed by atoms with Crippen molar-refractivity contribution in [1.82, 2.24) is 0 Å². The Kier molecular flexibility index (Phi) is 32.9. The van der Waals surface area contributed by atoms with E-state index in [1.54, 1.807) is 0 Å². The smallest absolute Gasteiger partial charge is 0.462 e. The summed E-state index contributed by atoms with van der Waals surface area (Å²) in [6.07, 6.45) is 38.2. The minimum atomic E-state index is -4.38. The van der Waals surface area contributed by atoms with Gasteiger partial charge in [0.1, 0.15) is 6.61 Å². The molecule has 0 aromatic heterocycles. The first kappa shape index (κ1) is 45.7. The van der Waals surface area contributed by atoms with Gasteiger partial charge in [0.2, 0.25) is 0 Å². The molecule has 9 nitrogen and oxygen atoms in total. The number of allylic oxidation sites excluding steroid dienone is 10. The third-order valence-electron chi connectivity index (χ3n) is 7.21. The molecule has 0 aromatic rings. The van der Waals surface area contributed by atoms with E-state index in [9.17, 15) is 19.0 Å². The van der Waals surface area contributed by atoms with Crippen LogP contribution >= 0.6 is 7.82 Å². The Balaban J connectivity index is 4.29. The molecule has 276 valence electrons. The molecule has 0 aromatic carbocycles. The van der Waals surface area contributed by atoms with Crippen LogP contribution in [0, 0.1) is 0 Å². The summed E-state index contributed by atoms with van der Waals surface area (Å²) < 4.78 is 32.6. The van der Waals surface area contributed by atoms with Gasteiger partial charge in [-0.05, 0) is 57.8 Å². The highest BCUT2D eigenvalue weighted by Crippen LogP contribution is 2.43. The van der Waals surface area contributed by atoms with Crippen LogP contribution in [-0.4, -0.2) is 49.3 Å². The molecule has 0 aliphatic heterocycles. The fourth-order valence-electron chi connectivity index (χ4n) is 4.55. The maximum atomic E-state index is 12.5. The number of hydrogen-bond donors (Lipinski definition) is 2. The van der Waals surface area contributed by atoms with Crippen LogP contribution in [0.1, 0.15) is 136 Å². The van der Waals surface area contributed by atoms with E-state index >= 15 is 0 Å². The molecule has 0 saturated carbocycles. The van der Waals surface area contributed by atoms with E-state index in [1.807, 2.05) is 18.2 Å². The molecule has 2 unspecified atom stereocenters. The normalized spacial score (nSPS) is 14.2. The van der Waals surface area contributed by atoms with E-state index < -0.39 is 32.5 Å². The van der Waals surface area contributed by atoms with Crippen LogP contribution in [0.25, 0.3) is 0 Å². The predicted molar refractivity (Wildman–Crippen MR) is 196 cm³/mol. The van der Waals surface area contributed by atoms with Crippen molar-refractivity contribution in [3.63, 3.8) is 0 Å². The zero-order valence-corrected chi connectivity index (χ0v) is 30.8. The zero-order chi connectivity index (χ0) is 35.4. The van der Waals surface area contributed by atoms with Crippen molar-refractivity contribution in [1.29, 1.82) is 0 Å². The molecular formula is C38H66NO8P. The van der Waals surface area contributed by atoms with Crippen molar-refractivity contribution >= 4 is 19.8 Å². The topological polar surface area (TPSA) is 134 Å². The van der Waals surface area contributed by atoms with Crippen LogP contribution in [0.4, 0.5) is 0 Å². The molecule has 48 heavy (non-hydrogen) atoms. The van der Waals surface area contributed by atoms with Gasteiger partial charge in [0, 0.05) is 19.4 Å². The van der Waals surface area contributed by atoms with Gasteiger partial charge in [-0.2, -0.15) is 0 Å². The molecule has 0 spiro atoms. The first-order valence-corrected chi connectivity index (χ1v) is 19.8. The molecule has 3 N–H and O–H groups in total. The van der Waals surface area contributed by atoms with Gasteiger partial charge >= 0.3 is 19.8 Å². The Hall–Kier alpha value is -2.29. The molecule has 0 saturated heterocycles. The van der Waals surface area contributed by atoms with Crippen LogP contribution < -0.4 is 5.73 Å². The average Bonchev–Trinajstić information content (AvgIpc) is 3.07. The summed E-state index contributed by atoms with van der Waals surface area (Å²) in [6, 6.07) is 0. The largest absolute Gasteiger partial charge is 0.472 e. The van der Waals surface area contributed by atoms with Crippen LogP contribution in [-0.2, 0) is 32.7 Å². The highest BCUT2D eigenvalue weighted by Gasteiger charge is 2.25. The second kappa shape index (κ2) is 34.6. The lowest BCUT2D eigenvalue weighted by atomic mass is 10.1. The molecule has 0 aliphatic rings. The molecule has 0 radical (unpaired) electrons. The van der Waals surface area contributed by atoms with Crippen LogP contribution in [0.2, 0.25) is 0 Å². The summed E-state index contributed by atoms with van der Waals surface area (Å²) in [5, 5.41) is 0. The molecule has 2 atom stereocenters. The Labute approximate surface area is 291 Å². The van der Waals surface area contributed by atoms with E-state index in [4.69, 9.17) is 24.3 Å². The highest BCUT2D eigenvalue weighted by atomic mass is 31.2. The van der Waals surface area contributed by atoms with Crippen molar-refractivity contribution in [2.24, 2.45) is 5.73 Å². The summed E-state index contributed by atoms with van der Waals surface area (Å²) in [7, 11) is -4.38. The summed E-state index contributed by atoms with van der Waals surface area (Å²) in [5.74, 6) is -0.871. The first-order valence-electron chi connectivity index (χ1n) is 18.3. The van der Waals surface area contributed by atoms with Crippen molar-refractivity contribution in [2.75, 3.05) is 26.4 Å². The fraction of sp³-hybridized carbons (Fsp3) is 0.684. The van der Waals surface area contributed by atoms with Crippen LogP contribution in [0.5, 0.6) is 0 Å². The van der Waals surface area contributed by atoms with Crippen molar-refractivity contribution < 1.29 is 37.6 Å². The van der Waals surface area contributed by atoms with Crippen molar-refractivity contribution in [3.05, 3.63) is 60.8 Å². The first-order chi connectivity index (χ1) is 23.3. The molecule has 0 heterocycles. The number of esters is 2. The van der Waals surface area contributed by atoms with Gasteiger partial charge in [0.15, 0.2) is 6.10 Å². The molecule has 0 rings (SSSR count). The van der Waals surface area contributed by atoms with Gasteiger partial charge in [-0.1, -0.05) is 126 Å². The van der Waals surface area contributed by atoms with E-state index in [0.29, 0.717) is 6.42 Å². The summed E-state index contributed by atoms with van der Waals surface area (Å²) in [5.41, 5.74) is 5.32. The summed E-state index contributed by atoms with van der Waals surface area (Å²) in [6.45, 7) is 3.42. The molecule has 0 bridgehead atoms. The Bertz CT molecular complexity index is 976. The maximum absolute atomic E-state index is 12.5. The number of nitrogens with two attached hydrogens (primary N) is 1. The standard InChI is InChI=1S/C38H66NO8P/c1-3-5-7-9-11-13-15-17-19-20-22-24-26-28-30-37(40)44-34-36(35-46-48(42,43)45-33-32-39)47-38(41)31-29-27-25-23-21-18-16-14-12-10-8-6-4-2/h5-8,10-14,16,36H,3-4,9,15,17-35,39H2,1-2H3,(H,42,43)/b7-5+,8-6+,12-10+,13-11+,16-14+. The van der Waals surface area contributed by atoms with Gasteiger partial charge in [-0.3, -0.25) is 18.6 Å².